The van der Waals surface area contributed by atoms with E-state index in [9.17, 15) is 4.79 Å². The van der Waals surface area contributed by atoms with Gasteiger partial charge in [0.25, 0.3) is 0 Å². The van der Waals surface area contributed by atoms with Crippen molar-refractivity contribution >= 4 is 5.97 Å². The van der Waals surface area contributed by atoms with Crippen LogP contribution in [0.5, 0.6) is 0 Å². The maximum absolute atomic E-state index is 11.5. The summed E-state index contributed by atoms with van der Waals surface area (Å²) < 4.78 is 5.17. The Morgan fingerprint density at radius 3 is 2.58 bits per heavy atom. The van der Waals surface area contributed by atoms with Crippen LogP contribution in [0.1, 0.15) is 44.6 Å². The molecule has 3 nitrogen and oxygen atoms in total. The summed E-state index contributed by atoms with van der Waals surface area (Å²) in [5.41, 5.74) is 1.02. The van der Waals surface area contributed by atoms with E-state index in [1.165, 1.54) is 25.7 Å². The summed E-state index contributed by atoms with van der Waals surface area (Å²) in [6.07, 6.45) is 6.22. The van der Waals surface area contributed by atoms with Crippen LogP contribution in [0.15, 0.2) is 30.3 Å². The average molecular weight is 263 g/mol. The largest absolute Gasteiger partial charge is 0.460 e. The lowest BCUT2D eigenvalue weighted by Gasteiger charge is -2.06. The Labute approximate surface area is 116 Å². The Balaban J connectivity index is 1.96. The van der Waals surface area contributed by atoms with Crippen molar-refractivity contribution in [2.24, 2.45) is 0 Å². The molecule has 0 saturated carbocycles. The van der Waals surface area contributed by atoms with Gasteiger partial charge in [-0.2, -0.15) is 0 Å². The number of unbranched alkanes of at least 4 members (excludes halogenated alkanes) is 4. The van der Waals surface area contributed by atoms with Crippen molar-refractivity contribution in [3.8, 4) is 0 Å². The van der Waals surface area contributed by atoms with Crippen molar-refractivity contribution in [2.45, 2.75) is 45.6 Å². The highest BCUT2D eigenvalue weighted by molar-refractivity contribution is 5.71. The van der Waals surface area contributed by atoms with Crippen LogP contribution in [0.4, 0.5) is 0 Å². The van der Waals surface area contributed by atoms with Crippen molar-refractivity contribution in [3.05, 3.63) is 35.9 Å². The second kappa shape index (κ2) is 10.6. The van der Waals surface area contributed by atoms with E-state index in [4.69, 9.17) is 4.74 Å². The van der Waals surface area contributed by atoms with E-state index in [1.54, 1.807) is 0 Å². The lowest BCUT2D eigenvalue weighted by molar-refractivity contribution is -0.143. The molecule has 0 fully saturated rings. The number of rotatable bonds is 10. The number of nitrogens with one attached hydrogen (secondary N) is 1. The molecule has 0 amide bonds. The number of carbonyl (C=O) groups excluding carboxylic acids is 1. The van der Waals surface area contributed by atoms with Crippen LogP contribution in [0.25, 0.3) is 0 Å². The van der Waals surface area contributed by atoms with E-state index < -0.39 is 0 Å². The molecule has 19 heavy (non-hydrogen) atoms. The minimum absolute atomic E-state index is 0.183. The Kier molecular flexibility index (Phi) is 8.73. The molecule has 1 aromatic rings. The average Bonchev–Trinajstić information content (AvgIpc) is 2.45. The molecule has 0 saturated heterocycles. The molecule has 0 aliphatic heterocycles. The molecule has 1 N–H and O–H groups in total. The van der Waals surface area contributed by atoms with Crippen LogP contribution in [-0.4, -0.2) is 19.1 Å². The van der Waals surface area contributed by atoms with Crippen molar-refractivity contribution < 1.29 is 9.53 Å². The lowest BCUT2D eigenvalue weighted by atomic mass is 10.1. The number of benzene rings is 1. The van der Waals surface area contributed by atoms with Gasteiger partial charge in [-0.05, 0) is 18.5 Å². The van der Waals surface area contributed by atoms with Crippen LogP contribution < -0.4 is 5.32 Å². The first kappa shape index (κ1) is 15.7. The number of carbonyl (C=O) groups is 1. The normalized spacial score (nSPS) is 10.4. The van der Waals surface area contributed by atoms with Gasteiger partial charge in [0.1, 0.15) is 6.61 Å². The SMILES string of the molecule is CCCCCCCNCC(=O)OCc1ccccc1. The second-order valence-corrected chi connectivity index (χ2v) is 4.74. The summed E-state index contributed by atoms with van der Waals surface area (Å²) in [4.78, 5) is 11.5. The van der Waals surface area contributed by atoms with Crippen LogP contribution in [0, 0.1) is 0 Å². The highest BCUT2D eigenvalue weighted by Crippen LogP contribution is 2.01. The molecule has 0 spiro atoms. The third-order valence-corrected chi connectivity index (χ3v) is 2.97. The Morgan fingerprint density at radius 1 is 1.11 bits per heavy atom. The van der Waals surface area contributed by atoms with Crippen molar-refractivity contribution in [2.75, 3.05) is 13.1 Å². The summed E-state index contributed by atoms with van der Waals surface area (Å²) in [7, 11) is 0. The maximum atomic E-state index is 11.5. The van der Waals surface area contributed by atoms with Gasteiger partial charge < -0.3 is 10.1 Å². The molecule has 0 aliphatic carbocycles. The third kappa shape index (κ3) is 8.38. The monoisotopic (exact) mass is 263 g/mol. The molecule has 1 rings (SSSR count). The number of ether oxygens (including phenoxy) is 1. The molecular weight excluding hydrogens is 238 g/mol. The fraction of sp³-hybridized carbons (Fsp3) is 0.562. The quantitative estimate of drug-likeness (QED) is 0.520. The van der Waals surface area contributed by atoms with E-state index in [-0.39, 0.29) is 5.97 Å². The molecule has 0 atom stereocenters. The van der Waals surface area contributed by atoms with E-state index in [0.717, 1.165) is 18.5 Å². The Hall–Kier alpha value is -1.35. The molecule has 0 aliphatic rings. The second-order valence-electron chi connectivity index (χ2n) is 4.74. The highest BCUT2D eigenvalue weighted by Gasteiger charge is 2.02. The fourth-order valence-electron chi connectivity index (χ4n) is 1.83. The summed E-state index contributed by atoms with van der Waals surface area (Å²) >= 11 is 0. The number of esters is 1. The molecule has 0 heterocycles. The summed E-state index contributed by atoms with van der Waals surface area (Å²) in [6.45, 7) is 3.77. The molecule has 3 heteroatoms. The standard InChI is InChI=1S/C16H25NO2/c1-2-3-4-5-9-12-17-13-16(18)19-14-15-10-7-6-8-11-15/h6-8,10-11,17H,2-5,9,12-14H2,1H3. The number of hydrogen-bond donors (Lipinski definition) is 1. The van der Waals surface area contributed by atoms with Gasteiger partial charge in [0.2, 0.25) is 0 Å². The van der Waals surface area contributed by atoms with Gasteiger partial charge in [-0.25, -0.2) is 0 Å². The molecule has 0 bridgehead atoms. The van der Waals surface area contributed by atoms with Gasteiger partial charge in [0, 0.05) is 0 Å². The van der Waals surface area contributed by atoms with Crippen LogP contribution in [0.2, 0.25) is 0 Å². The third-order valence-electron chi connectivity index (χ3n) is 2.97. The number of hydrogen-bond acceptors (Lipinski definition) is 3. The van der Waals surface area contributed by atoms with Crippen LogP contribution >= 0.6 is 0 Å². The molecule has 1 aromatic carbocycles. The van der Waals surface area contributed by atoms with E-state index in [2.05, 4.69) is 12.2 Å². The molecular formula is C16H25NO2. The van der Waals surface area contributed by atoms with Gasteiger partial charge in [-0.3, -0.25) is 4.79 Å². The first-order chi connectivity index (χ1) is 9.33. The minimum atomic E-state index is -0.183. The van der Waals surface area contributed by atoms with Crippen LogP contribution in [0.3, 0.4) is 0 Å². The van der Waals surface area contributed by atoms with E-state index in [0.29, 0.717) is 13.2 Å². The van der Waals surface area contributed by atoms with E-state index in [1.807, 2.05) is 30.3 Å². The van der Waals surface area contributed by atoms with E-state index >= 15 is 0 Å². The predicted octanol–water partition coefficient (Wildman–Crippen LogP) is 3.29. The van der Waals surface area contributed by atoms with Gasteiger partial charge in [-0.15, -0.1) is 0 Å². The smallest absolute Gasteiger partial charge is 0.320 e. The predicted molar refractivity (Wildman–Crippen MR) is 77.9 cm³/mol. The van der Waals surface area contributed by atoms with Gasteiger partial charge in [0.05, 0.1) is 6.54 Å². The van der Waals surface area contributed by atoms with Crippen LogP contribution in [-0.2, 0) is 16.1 Å². The topological polar surface area (TPSA) is 38.3 Å². The Morgan fingerprint density at radius 2 is 1.84 bits per heavy atom. The van der Waals surface area contributed by atoms with Crippen molar-refractivity contribution in [1.82, 2.24) is 5.32 Å². The molecule has 0 aromatic heterocycles. The fourth-order valence-corrected chi connectivity index (χ4v) is 1.83. The molecule has 0 radical (unpaired) electrons. The van der Waals surface area contributed by atoms with Gasteiger partial charge in [-0.1, -0.05) is 62.9 Å². The molecule has 0 unspecified atom stereocenters. The van der Waals surface area contributed by atoms with Gasteiger partial charge >= 0.3 is 5.97 Å². The summed E-state index contributed by atoms with van der Waals surface area (Å²) in [6, 6.07) is 9.74. The summed E-state index contributed by atoms with van der Waals surface area (Å²) in [5, 5.41) is 3.12. The van der Waals surface area contributed by atoms with Crippen molar-refractivity contribution in [1.29, 1.82) is 0 Å². The van der Waals surface area contributed by atoms with Crippen molar-refractivity contribution in [3.63, 3.8) is 0 Å². The minimum Gasteiger partial charge on any atom is -0.460 e. The zero-order chi connectivity index (χ0) is 13.8. The maximum Gasteiger partial charge on any atom is 0.320 e. The zero-order valence-corrected chi connectivity index (χ0v) is 11.9. The van der Waals surface area contributed by atoms with Gasteiger partial charge in [0.15, 0.2) is 0 Å². The lowest BCUT2D eigenvalue weighted by Crippen LogP contribution is -2.25. The zero-order valence-electron chi connectivity index (χ0n) is 11.9. The molecule has 106 valence electrons. The first-order valence-electron chi connectivity index (χ1n) is 7.23. The first-order valence-corrected chi connectivity index (χ1v) is 7.23. The highest BCUT2D eigenvalue weighted by atomic mass is 16.5. The Bertz CT molecular complexity index is 338. The summed E-state index contributed by atoms with van der Waals surface area (Å²) in [5.74, 6) is -0.183.